The highest BCUT2D eigenvalue weighted by Crippen LogP contribution is 2.66. The van der Waals surface area contributed by atoms with E-state index in [4.69, 9.17) is 4.98 Å². The lowest BCUT2D eigenvalue weighted by molar-refractivity contribution is 0.320. The summed E-state index contributed by atoms with van der Waals surface area (Å²) in [6.07, 6.45) is 11.8. The van der Waals surface area contributed by atoms with Crippen LogP contribution in [0.2, 0.25) is 0 Å². The van der Waals surface area contributed by atoms with Crippen LogP contribution in [-0.2, 0) is 10.8 Å². The van der Waals surface area contributed by atoms with Crippen molar-refractivity contribution in [1.82, 2.24) is 15.0 Å². The van der Waals surface area contributed by atoms with E-state index in [0.717, 1.165) is 11.6 Å². The summed E-state index contributed by atoms with van der Waals surface area (Å²) in [5.41, 5.74) is 0.992. The number of hydrogen-bond acceptors (Lipinski definition) is 3. The smallest absolute Gasteiger partial charge is 0.142 e. The lowest BCUT2D eigenvalue weighted by Gasteiger charge is -2.34. The number of aromatic nitrogens is 3. The van der Waals surface area contributed by atoms with Crippen LogP contribution < -0.4 is 0 Å². The van der Waals surface area contributed by atoms with Crippen LogP contribution in [0.5, 0.6) is 0 Å². The monoisotopic (exact) mass is 331 g/mol. The van der Waals surface area contributed by atoms with Crippen molar-refractivity contribution in [3.8, 4) is 0 Å². The molecule has 2 aliphatic rings. The maximum Gasteiger partial charge on any atom is 0.142 e. The topological polar surface area (TPSA) is 38.7 Å². The summed E-state index contributed by atoms with van der Waals surface area (Å²) in [6, 6.07) is 10.4. The first-order chi connectivity index (χ1) is 11.9. The molecule has 0 saturated heterocycles. The average molecular weight is 331 g/mol. The summed E-state index contributed by atoms with van der Waals surface area (Å²) in [5, 5.41) is 0. The van der Waals surface area contributed by atoms with Gasteiger partial charge in [-0.15, -0.1) is 0 Å². The van der Waals surface area contributed by atoms with E-state index in [2.05, 4.69) is 86.2 Å². The molecule has 1 fully saturated rings. The summed E-state index contributed by atoms with van der Waals surface area (Å²) in [5.74, 6) is 2.33. The van der Waals surface area contributed by atoms with Gasteiger partial charge >= 0.3 is 0 Å². The molecule has 128 valence electrons. The van der Waals surface area contributed by atoms with Gasteiger partial charge in [-0.05, 0) is 31.7 Å². The third-order valence-corrected chi connectivity index (χ3v) is 6.26. The Balaban J connectivity index is 1.73. The Bertz CT molecular complexity index is 849. The van der Waals surface area contributed by atoms with Gasteiger partial charge in [0.2, 0.25) is 0 Å². The van der Waals surface area contributed by atoms with Crippen LogP contribution in [0.15, 0.2) is 61.0 Å². The predicted octanol–water partition coefficient (Wildman–Crippen LogP) is 4.61. The molecule has 25 heavy (non-hydrogen) atoms. The summed E-state index contributed by atoms with van der Waals surface area (Å²) in [7, 11) is 0. The summed E-state index contributed by atoms with van der Waals surface area (Å²) in [6.45, 7) is 8.89. The van der Waals surface area contributed by atoms with Crippen molar-refractivity contribution < 1.29 is 0 Å². The van der Waals surface area contributed by atoms with Crippen molar-refractivity contribution in [3.63, 3.8) is 0 Å². The molecule has 2 aromatic rings. The third-order valence-electron chi connectivity index (χ3n) is 6.26. The van der Waals surface area contributed by atoms with Gasteiger partial charge in [0.05, 0.1) is 0 Å². The highest BCUT2D eigenvalue weighted by atomic mass is 15.0. The van der Waals surface area contributed by atoms with Crippen LogP contribution in [0.25, 0.3) is 0 Å². The molecule has 2 aliphatic carbocycles. The van der Waals surface area contributed by atoms with E-state index in [1.165, 1.54) is 12.0 Å². The molecule has 1 saturated carbocycles. The Morgan fingerprint density at radius 3 is 2.40 bits per heavy atom. The molecule has 0 N–H and O–H groups in total. The van der Waals surface area contributed by atoms with Gasteiger partial charge in [0, 0.05) is 16.2 Å². The molecule has 1 aromatic carbocycles. The van der Waals surface area contributed by atoms with Crippen molar-refractivity contribution in [2.45, 2.75) is 44.9 Å². The van der Waals surface area contributed by atoms with Gasteiger partial charge in [-0.2, -0.15) is 0 Å². The average Bonchev–Trinajstić information content (AvgIpc) is 3.39. The molecule has 0 radical (unpaired) electrons. The lowest BCUT2D eigenvalue weighted by Crippen LogP contribution is -2.35. The highest BCUT2D eigenvalue weighted by molar-refractivity contribution is 5.37. The molecule has 1 aromatic heterocycles. The maximum atomic E-state index is 4.96. The first-order valence-electron chi connectivity index (χ1n) is 8.99. The van der Waals surface area contributed by atoms with E-state index in [9.17, 15) is 0 Å². The van der Waals surface area contributed by atoms with Crippen LogP contribution in [0.3, 0.4) is 0 Å². The van der Waals surface area contributed by atoms with Crippen LogP contribution in [0.1, 0.15) is 51.3 Å². The van der Waals surface area contributed by atoms with Crippen LogP contribution in [0.4, 0.5) is 0 Å². The Labute approximate surface area is 150 Å². The molecule has 2 unspecified atom stereocenters. The Morgan fingerprint density at radius 1 is 0.960 bits per heavy atom. The molecule has 1 heterocycles. The molecule has 4 rings (SSSR count). The standard InChI is InChI=1S/C22H25N3/c1-20(2,16-10-6-5-7-11-16)18-23-15-24-19(25-18)21(3,4)22-13-9-8-12-17(22)14-22/h5-13,15,17H,14H2,1-4H3. The molecular formula is C22H25N3. The van der Waals surface area contributed by atoms with Gasteiger partial charge in [0.1, 0.15) is 18.0 Å². The van der Waals surface area contributed by atoms with E-state index >= 15 is 0 Å². The number of hydrogen-bond donors (Lipinski definition) is 0. The lowest BCUT2D eigenvalue weighted by atomic mass is 9.72. The fourth-order valence-corrected chi connectivity index (χ4v) is 4.18. The molecule has 2 atom stereocenters. The second-order valence-electron chi connectivity index (χ2n) is 8.34. The van der Waals surface area contributed by atoms with E-state index in [0.29, 0.717) is 5.92 Å². The van der Waals surface area contributed by atoms with Crippen LogP contribution >= 0.6 is 0 Å². The number of allylic oxidation sites excluding steroid dienone is 4. The zero-order chi connectivity index (χ0) is 17.7. The summed E-state index contributed by atoms with van der Waals surface area (Å²) >= 11 is 0. The highest BCUT2D eigenvalue weighted by Gasteiger charge is 2.62. The molecule has 3 nitrogen and oxygen atoms in total. The van der Waals surface area contributed by atoms with Crippen LogP contribution in [-0.4, -0.2) is 15.0 Å². The van der Waals surface area contributed by atoms with Gasteiger partial charge in [0.15, 0.2) is 0 Å². The van der Waals surface area contributed by atoms with Gasteiger partial charge < -0.3 is 0 Å². The minimum Gasteiger partial charge on any atom is -0.221 e. The van der Waals surface area contributed by atoms with Crippen molar-refractivity contribution >= 4 is 0 Å². The number of fused-ring (bicyclic) bond motifs is 1. The normalized spacial score (nSPS) is 24.9. The Morgan fingerprint density at radius 2 is 1.68 bits per heavy atom. The molecule has 0 amide bonds. The molecular weight excluding hydrogens is 306 g/mol. The van der Waals surface area contributed by atoms with Gasteiger partial charge in [0.25, 0.3) is 0 Å². The van der Waals surface area contributed by atoms with Gasteiger partial charge in [-0.3, -0.25) is 0 Å². The maximum absolute atomic E-state index is 4.96. The van der Waals surface area contributed by atoms with E-state index in [1.54, 1.807) is 6.33 Å². The molecule has 3 heteroatoms. The Kier molecular flexibility index (Phi) is 3.47. The van der Waals surface area contributed by atoms with E-state index in [1.807, 2.05) is 6.07 Å². The first kappa shape index (κ1) is 16.2. The van der Waals surface area contributed by atoms with Crippen molar-refractivity contribution in [2.75, 3.05) is 0 Å². The number of nitrogens with zero attached hydrogens (tertiary/aromatic N) is 3. The minimum atomic E-state index is -0.252. The second-order valence-corrected chi connectivity index (χ2v) is 8.34. The quantitative estimate of drug-likeness (QED) is 0.821. The zero-order valence-corrected chi connectivity index (χ0v) is 15.4. The fraction of sp³-hybridized carbons (Fsp3) is 0.409. The molecule has 0 bridgehead atoms. The second kappa shape index (κ2) is 5.35. The van der Waals surface area contributed by atoms with Gasteiger partial charge in [-0.25, -0.2) is 15.0 Å². The zero-order valence-electron chi connectivity index (χ0n) is 15.4. The summed E-state index contributed by atoms with van der Waals surface area (Å²) < 4.78 is 0. The number of rotatable bonds is 4. The SMILES string of the molecule is CC(C)(c1ccccc1)c1ncnc(C(C)(C)C23C=CC=CC2C3)n1. The molecule has 0 aliphatic heterocycles. The third kappa shape index (κ3) is 2.37. The summed E-state index contributed by atoms with van der Waals surface area (Å²) in [4.78, 5) is 14.1. The predicted molar refractivity (Wildman–Crippen MR) is 100 cm³/mol. The minimum absolute atomic E-state index is 0.122. The van der Waals surface area contributed by atoms with Crippen molar-refractivity contribution in [1.29, 1.82) is 0 Å². The molecule has 0 spiro atoms. The van der Waals surface area contributed by atoms with E-state index < -0.39 is 0 Å². The fourth-order valence-electron chi connectivity index (χ4n) is 4.18. The van der Waals surface area contributed by atoms with Crippen molar-refractivity contribution in [3.05, 3.63) is 78.2 Å². The first-order valence-corrected chi connectivity index (χ1v) is 8.99. The van der Waals surface area contributed by atoms with Crippen LogP contribution in [0, 0.1) is 11.3 Å². The largest absolute Gasteiger partial charge is 0.221 e. The Hall–Kier alpha value is -2.29. The van der Waals surface area contributed by atoms with Gasteiger partial charge in [-0.1, -0.05) is 68.5 Å². The van der Waals surface area contributed by atoms with E-state index in [-0.39, 0.29) is 16.2 Å². The van der Waals surface area contributed by atoms with Crippen molar-refractivity contribution in [2.24, 2.45) is 11.3 Å². The number of benzene rings is 1.